The summed E-state index contributed by atoms with van der Waals surface area (Å²) in [6.07, 6.45) is 1.08. The van der Waals surface area contributed by atoms with Crippen LogP contribution in [0.15, 0.2) is 46.9 Å². The molecule has 2 unspecified atom stereocenters. The van der Waals surface area contributed by atoms with Gasteiger partial charge in [-0.3, -0.25) is 0 Å². The molecule has 0 spiro atoms. The van der Waals surface area contributed by atoms with Gasteiger partial charge < -0.3 is 9.73 Å². The van der Waals surface area contributed by atoms with Gasteiger partial charge in [-0.1, -0.05) is 44.2 Å². The SMILES string of the molecule is Cc1ccc(C(C)NC(C)CC(C)(C)c2ccccc2)o1. The van der Waals surface area contributed by atoms with Gasteiger partial charge in [0.05, 0.1) is 6.04 Å². The van der Waals surface area contributed by atoms with Crippen LogP contribution < -0.4 is 5.32 Å². The summed E-state index contributed by atoms with van der Waals surface area (Å²) in [4.78, 5) is 0. The standard InChI is InChI=1S/C19H27NO/c1-14(20-16(3)18-12-11-15(2)21-18)13-19(4,5)17-9-7-6-8-10-17/h6-12,14,16,20H,13H2,1-5H3. The van der Waals surface area contributed by atoms with Crippen molar-refractivity contribution in [3.63, 3.8) is 0 Å². The maximum Gasteiger partial charge on any atom is 0.120 e. The molecule has 0 saturated carbocycles. The van der Waals surface area contributed by atoms with E-state index in [1.807, 2.05) is 13.0 Å². The Morgan fingerprint density at radius 2 is 1.71 bits per heavy atom. The first-order valence-electron chi connectivity index (χ1n) is 7.76. The number of hydrogen-bond donors (Lipinski definition) is 1. The summed E-state index contributed by atoms with van der Waals surface area (Å²) >= 11 is 0. The van der Waals surface area contributed by atoms with E-state index in [1.165, 1.54) is 5.56 Å². The second kappa shape index (κ2) is 6.48. The predicted octanol–water partition coefficient (Wildman–Crippen LogP) is 5.00. The minimum absolute atomic E-state index is 0.159. The van der Waals surface area contributed by atoms with Crippen molar-refractivity contribution in [2.45, 2.75) is 58.5 Å². The van der Waals surface area contributed by atoms with E-state index in [-0.39, 0.29) is 11.5 Å². The summed E-state index contributed by atoms with van der Waals surface area (Å²) in [6.45, 7) is 11.0. The summed E-state index contributed by atoms with van der Waals surface area (Å²) < 4.78 is 5.70. The van der Waals surface area contributed by atoms with Crippen molar-refractivity contribution in [3.8, 4) is 0 Å². The molecule has 1 aromatic heterocycles. The summed E-state index contributed by atoms with van der Waals surface area (Å²) in [6, 6.07) is 15.5. The number of benzene rings is 1. The topological polar surface area (TPSA) is 25.2 Å². The van der Waals surface area contributed by atoms with Crippen LogP contribution in [0.2, 0.25) is 0 Å². The molecule has 2 rings (SSSR count). The van der Waals surface area contributed by atoms with E-state index in [2.05, 4.69) is 69.4 Å². The molecule has 0 fully saturated rings. The molecule has 21 heavy (non-hydrogen) atoms. The molecule has 0 bridgehead atoms. The highest BCUT2D eigenvalue weighted by Crippen LogP contribution is 2.29. The Balaban J connectivity index is 1.96. The highest BCUT2D eigenvalue weighted by Gasteiger charge is 2.24. The predicted molar refractivity (Wildman–Crippen MR) is 88.5 cm³/mol. The molecule has 1 heterocycles. The normalized spacial score (nSPS) is 14.9. The van der Waals surface area contributed by atoms with E-state index >= 15 is 0 Å². The van der Waals surface area contributed by atoms with E-state index in [1.54, 1.807) is 0 Å². The minimum atomic E-state index is 0.159. The Morgan fingerprint density at radius 3 is 2.29 bits per heavy atom. The Labute approximate surface area is 128 Å². The second-order valence-electron chi connectivity index (χ2n) is 6.69. The number of nitrogens with one attached hydrogen (secondary N) is 1. The van der Waals surface area contributed by atoms with Gasteiger partial charge in [-0.25, -0.2) is 0 Å². The van der Waals surface area contributed by atoms with E-state index in [0.29, 0.717) is 6.04 Å². The number of aryl methyl sites for hydroxylation is 1. The number of rotatable bonds is 6. The molecule has 2 aromatic rings. The van der Waals surface area contributed by atoms with Crippen LogP contribution in [0.1, 0.15) is 57.2 Å². The maximum absolute atomic E-state index is 5.70. The van der Waals surface area contributed by atoms with Gasteiger partial charge in [0, 0.05) is 6.04 Å². The summed E-state index contributed by atoms with van der Waals surface area (Å²) in [5, 5.41) is 3.64. The van der Waals surface area contributed by atoms with E-state index < -0.39 is 0 Å². The second-order valence-corrected chi connectivity index (χ2v) is 6.69. The van der Waals surface area contributed by atoms with Crippen LogP contribution >= 0.6 is 0 Å². The third-order valence-electron chi connectivity index (χ3n) is 4.09. The Kier molecular flexibility index (Phi) is 4.89. The van der Waals surface area contributed by atoms with Crippen molar-refractivity contribution in [3.05, 3.63) is 59.5 Å². The quantitative estimate of drug-likeness (QED) is 0.808. The van der Waals surface area contributed by atoms with Gasteiger partial charge in [0.25, 0.3) is 0 Å². The zero-order chi connectivity index (χ0) is 15.5. The summed E-state index contributed by atoms with van der Waals surface area (Å²) in [7, 11) is 0. The van der Waals surface area contributed by atoms with Gasteiger partial charge in [-0.15, -0.1) is 0 Å². The van der Waals surface area contributed by atoms with Gasteiger partial charge in [0.15, 0.2) is 0 Å². The molecule has 0 aliphatic carbocycles. The number of furan rings is 1. The van der Waals surface area contributed by atoms with Crippen LogP contribution in [0.5, 0.6) is 0 Å². The molecule has 2 atom stereocenters. The van der Waals surface area contributed by atoms with Crippen molar-refractivity contribution in [1.29, 1.82) is 0 Å². The molecule has 2 heteroatoms. The molecule has 0 radical (unpaired) electrons. The first kappa shape index (κ1) is 15.8. The lowest BCUT2D eigenvalue weighted by Crippen LogP contribution is -2.34. The van der Waals surface area contributed by atoms with Crippen LogP contribution in [-0.2, 0) is 5.41 Å². The largest absolute Gasteiger partial charge is 0.465 e. The van der Waals surface area contributed by atoms with Gasteiger partial charge in [0.1, 0.15) is 11.5 Å². The van der Waals surface area contributed by atoms with Crippen LogP contribution in [0, 0.1) is 6.92 Å². The van der Waals surface area contributed by atoms with Gasteiger partial charge in [-0.05, 0) is 50.3 Å². The highest BCUT2D eigenvalue weighted by molar-refractivity contribution is 5.23. The molecule has 114 valence electrons. The van der Waals surface area contributed by atoms with Gasteiger partial charge in [-0.2, -0.15) is 0 Å². The fourth-order valence-electron chi connectivity index (χ4n) is 3.03. The molecule has 0 amide bonds. The Hall–Kier alpha value is -1.54. The third-order valence-corrected chi connectivity index (χ3v) is 4.09. The minimum Gasteiger partial charge on any atom is -0.465 e. The van der Waals surface area contributed by atoms with Crippen LogP contribution in [0.4, 0.5) is 0 Å². The Morgan fingerprint density at radius 1 is 1.05 bits per heavy atom. The van der Waals surface area contributed by atoms with Crippen LogP contribution in [0.3, 0.4) is 0 Å². The fraction of sp³-hybridized carbons (Fsp3) is 0.474. The fourth-order valence-corrected chi connectivity index (χ4v) is 3.03. The zero-order valence-electron chi connectivity index (χ0n) is 13.8. The zero-order valence-corrected chi connectivity index (χ0v) is 13.8. The van der Waals surface area contributed by atoms with Crippen molar-refractivity contribution in [2.24, 2.45) is 0 Å². The lowest BCUT2D eigenvalue weighted by molar-refractivity contribution is 0.338. The lowest BCUT2D eigenvalue weighted by atomic mass is 9.79. The lowest BCUT2D eigenvalue weighted by Gasteiger charge is -2.30. The van der Waals surface area contributed by atoms with Gasteiger partial charge >= 0.3 is 0 Å². The molecule has 0 aliphatic rings. The number of hydrogen-bond acceptors (Lipinski definition) is 2. The van der Waals surface area contributed by atoms with E-state index in [4.69, 9.17) is 4.42 Å². The first-order valence-corrected chi connectivity index (χ1v) is 7.76. The van der Waals surface area contributed by atoms with Crippen LogP contribution in [0.25, 0.3) is 0 Å². The molecule has 2 nitrogen and oxygen atoms in total. The van der Waals surface area contributed by atoms with E-state index in [0.717, 1.165) is 17.9 Å². The first-order chi connectivity index (χ1) is 9.88. The summed E-state index contributed by atoms with van der Waals surface area (Å²) in [5.41, 5.74) is 1.55. The monoisotopic (exact) mass is 285 g/mol. The molecular weight excluding hydrogens is 258 g/mol. The average molecular weight is 285 g/mol. The molecule has 0 saturated heterocycles. The van der Waals surface area contributed by atoms with Crippen molar-refractivity contribution >= 4 is 0 Å². The molecular formula is C19H27NO. The molecule has 1 aromatic carbocycles. The average Bonchev–Trinajstić information content (AvgIpc) is 2.86. The van der Waals surface area contributed by atoms with Crippen LogP contribution in [-0.4, -0.2) is 6.04 Å². The molecule has 0 aliphatic heterocycles. The van der Waals surface area contributed by atoms with Crippen molar-refractivity contribution in [2.75, 3.05) is 0 Å². The third kappa shape index (κ3) is 4.21. The van der Waals surface area contributed by atoms with E-state index in [9.17, 15) is 0 Å². The van der Waals surface area contributed by atoms with Gasteiger partial charge in [0.2, 0.25) is 0 Å². The maximum atomic E-state index is 5.70. The van der Waals surface area contributed by atoms with Crippen molar-refractivity contribution < 1.29 is 4.42 Å². The Bertz CT molecular complexity index is 556. The smallest absolute Gasteiger partial charge is 0.120 e. The van der Waals surface area contributed by atoms with Crippen molar-refractivity contribution in [1.82, 2.24) is 5.32 Å². The summed E-state index contributed by atoms with van der Waals surface area (Å²) in [5.74, 6) is 1.98. The highest BCUT2D eigenvalue weighted by atomic mass is 16.3. The molecule has 1 N–H and O–H groups in total.